The Morgan fingerprint density at radius 1 is 1.38 bits per heavy atom. The summed E-state index contributed by atoms with van der Waals surface area (Å²) in [5, 5.41) is 8.98. The van der Waals surface area contributed by atoms with Gasteiger partial charge in [-0.05, 0) is 31.9 Å². The maximum Gasteiger partial charge on any atom is 0.306 e. The van der Waals surface area contributed by atoms with Crippen molar-refractivity contribution in [1.29, 1.82) is 0 Å². The van der Waals surface area contributed by atoms with E-state index < -0.39 is 22.1 Å². The highest BCUT2D eigenvalue weighted by Crippen LogP contribution is 2.24. The molecular formula is C13H19N3O4S. The molecule has 1 N–H and O–H groups in total. The van der Waals surface area contributed by atoms with Gasteiger partial charge >= 0.3 is 16.2 Å². The van der Waals surface area contributed by atoms with Crippen molar-refractivity contribution < 1.29 is 18.3 Å². The van der Waals surface area contributed by atoms with Crippen LogP contribution in [0, 0.1) is 5.92 Å². The third kappa shape index (κ3) is 3.33. The Hall–Kier alpha value is -1.67. The van der Waals surface area contributed by atoms with E-state index in [0.29, 0.717) is 25.1 Å². The number of pyridine rings is 1. The first-order valence-corrected chi connectivity index (χ1v) is 8.27. The van der Waals surface area contributed by atoms with Crippen molar-refractivity contribution in [2.24, 2.45) is 5.92 Å². The topological polar surface area (TPSA) is 90.8 Å². The molecule has 0 aliphatic carbocycles. The number of rotatable bonds is 5. The summed E-state index contributed by atoms with van der Waals surface area (Å²) in [5.41, 5.74) is 0.563. The molecule has 7 nitrogen and oxygen atoms in total. The van der Waals surface area contributed by atoms with Crippen LogP contribution >= 0.6 is 0 Å². The van der Waals surface area contributed by atoms with E-state index in [1.807, 2.05) is 0 Å². The molecule has 8 heteroatoms. The number of aliphatic carboxylic acids is 1. The van der Waals surface area contributed by atoms with Crippen LogP contribution in [0.25, 0.3) is 0 Å². The molecule has 0 bridgehead atoms. The van der Waals surface area contributed by atoms with Gasteiger partial charge in [0, 0.05) is 32.0 Å². The molecule has 2 heterocycles. The Kier molecular flexibility index (Phi) is 4.79. The Balaban J connectivity index is 2.16. The predicted molar refractivity (Wildman–Crippen MR) is 78.1 cm³/mol. The van der Waals surface area contributed by atoms with E-state index in [1.54, 1.807) is 31.5 Å². The molecule has 0 aromatic carbocycles. The van der Waals surface area contributed by atoms with Crippen LogP contribution in [-0.2, 0) is 15.0 Å². The fourth-order valence-corrected chi connectivity index (χ4v) is 4.13. The van der Waals surface area contributed by atoms with Crippen molar-refractivity contribution in [3.63, 3.8) is 0 Å². The smallest absolute Gasteiger partial charge is 0.306 e. The molecule has 1 aromatic heterocycles. The molecular weight excluding hydrogens is 294 g/mol. The number of carbonyl (C=O) groups is 1. The number of hydrogen-bond donors (Lipinski definition) is 1. The Labute approximate surface area is 124 Å². The number of carboxylic acid groups (broad SMARTS) is 1. The second-order valence-electron chi connectivity index (χ2n) is 4.89. The molecule has 0 unspecified atom stereocenters. The first-order valence-electron chi connectivity index (χ1n) is 6.87. The van der Waals surface area contributed by atoms with Gasteiger partial charge in [0.25, 0.3) is 0 Å². The molecule has 1 aliphatic rings. The van der Waals surface area contributed by atoms with E-state index in [4.69, 9.17) is 5.11 Å². The average Bonchev–Trinajstić information content (AvgIpc) is 2.49. The van der Waals surface area contributed by atoms with E-state index in [1.165, 1.54) is 8.61 Å². The second-order valence-corrected chi connectivity index (χ2v) is 6.74. The van der Waals surface area contributed by atoms with E-state index in [0.717, 1.165) is 0 Å². The SMILES string of the molecule is CCN(c1ccncc1)S(=O)(=O)N1CCC(C(=O)O)CC1. The third-order valence-electron chi connectivity index (χ3n) is 3.65. The standard InChI is InChI=1S/C13H19N3O4S/c1-2-16(12-3-7-14-8-4-12)21(19,20)15-9-5-11(6-10-15)13(17)18/h3-4,7-8,11H,2,5-6,9-10H2,1H3,(H,17,18). The van der Waals surface area contributed by atoms with Crippen LogP contribution in [0.4, 0.5) is 5.69 Å². The zero-order chi connectivity index (χ0) is 15.5. The van der Waals surface area contributed by atoms with Crippen LogP contribution in [0.5, 0.6) is 0 Å². The van der Waals surface area contributed by atoms with Crippen LogP contribution in [-0.4, -0.2) is 48.4 Å². The normalized spacial score (nSPS) is 17.6. The van der Waals surface area contributed by atoms with Crippen molar-refractivity contribution in [2.75, 3.05) is 23.9 Å². The summed E-state index contributed by atoms with van der Waals surface area (Å²) >= 11 is 0. The van der Waals surface area contributed by atoms with Crippen LogP contribution in [0.3, 0.4) is 0 Å². The monoisotopic (exact) mass is 313 g/mol. The maximum absolute atomic E-state index is 12.7. The third-order valence-corrected chi connectivity index (χ3v) is 5.69. The first kappa shape index (κ1) is 15.7. The number of piperidine rings is 1. The minimum absolute atomic E-state index is 0.237. The Morgan fingerprint density at radius 2 is 1.95 bits per heavy atom. The molecule has 2 rings (SSSR count). The van der Waals surface area contributed by atoms with E-state index >= 15 is 0 Å². The van der Waals surface area contributed by atoms with Gasteiger partial charge in [-0.2, -0.15) is 12.7 Å². The van der Waals surface area contributed by atoms with E-state index in [9.17, 15) is 13.2 Å². The highest BCUT2D eigenvalue weighted by atomic mass is 32.2. The number of carboxylic acids is 1. The zero-order valence-electron chi connectivity index (χ0n) is 11.8. The summed E-state index contributed by atoms with van der Waals surface area (Å²) in [7, 11) is -3.63. The summed E-state index contributed by atoms with van der Waals surface area (Å²) in [4.78, 5) is 14.8. The molecule has 21 heavy (non-hydrogen) atoms. The lowest BCUT2D eigenvalue weighted by Gasteiger charge is -2.34. The van der Waals surface area contributed by atoms with Gasteiger partial charge in [-0.1, -0.05) is 0 Å². The van der Waals surface area contributed by atoms with E-state index in [2.05, 4.69) is 4.98 Å². The second kappa shape index (κ2) is 6.40. The summed E-state index contributed by atoms with van der Waals surface area (Å²) < 4.78 is 28.0. The maximum atomic E-state index is 12.7. The predicted octanol–water partition coefficient (Wildman–Crippen LogP) is 0.949. The molecule has 1 fully saturated rings. The van der Waals surface area contributed by atoms with Crippen LogP contribution in [0.1, 0.15) is 19.8 Å². The molecule has 0 amide bonds. The molecule has 116 valence electrons. The molecule has 0 saturated carbocycles. The van der Waals surface area contributed by atoms with Gasteiger partial charge in [0.05, 0.1) is 11.6 Å². The molecule has 0 atom stereocenters. The van der Waals surface area contributed by atoms with Crippen molar-refractivity contribution in [3.05, 3.63) is 24.5 Å². The number of hydrogen-bond acceptors (Lipinski definition) is 4. The van der Waals surface area contributed by atoms with Gasteiger partial charge in [0.15, 0.2) is 0 Å². The van der Waals surface area contributed by atoms with Crippen molar-refractivity contribution in [3.8, 4) is 0 Å². The van der Waals surface area contributed by atoms with Gasteiger partial charge in [-0.3, -0.25) is 14.1 Å². The number of nitrogens with zero attached hydrogens (tertiary/aromatic N) is 3. The van der Waals surface area contributed by atoms with Gasteiger partial charge < -0.3 is 5.11 Å². The zero-order valence-corrected chi connectivity index (χ0v) is 12.7. The molecule has 1 aromatic rings. The number of aromatic nitrogens is 1. The van der Waals surface area contributed by atoms with Crippen molar-refractivity contribution in [2.45, 2.75) is 19.8 Å². The minimum atomic E-state index is -3.63. The summed E-state index contributed by atoms with van der Waals surface area (Å²) in [6.45, 7) is 2.55. The largest absolute Gasteiger partial charge is 0.481 e. The fraction of sp³-hybridized carbons (Fsp3) is 0.538. The molecule has 1 aliphatic heterocycles. The lowest BCUT2D eigenvalue weighted by atomic mass is 9.99. The molecule has 0 radical (unpaired) electrons. The summed E-state index contributed by atoms with van der Waals surface area (Å²) in [5.74, 6) is -1.30. The summed E-state index contributed by atoms with van der Waals surface area (Å²) in [6.07, 6.45) is 3.79. The molecule has 1 saturated heterocycles. The summed E-state index contributed by atoms with van der Waals surface area (Å²) in [6, 6.07) is 3.29. The van der Waals surface area contributed by atoms with Crippen LogP contribution in [0.15, 0.2) is 24.5 Å². The first-order chi connectivity index (χ1) is 9.96. The van der Waals surface area contributed by atoms with Crippen LogP contribution in [0.2, 0.25) is 0 Å². The Bertz CT molecular complexity index is 583. The van der Waals surface area contributed by atoms with Crippen molar-refractivity contribution in [1.82, 2.24) is 9.29 Å². The average molecular weight is 313 g/mol. The van der Waals surface area contributed by atoms with Crippen LogP contribution < -0.4 is 4.31 Å². The van der Waals surface area contributed by atoms with E-state index in [-0.39, 0.29) is 13.1 Å². The highest BCUT2D eigenvalue weighted by molar-refractivity contribution is 7.90. The lowest BCUT2D eigenvalue weighted by Crippen LogP contribution is -2.48. The minimum Gasteiger partial charge on any atom is -0.481 e. The Morgan fingerprint density at radius 3 is 2.43 bits per heavy atom. The van der Waals surface area contributed by atoms with Gasteiger partial charge in [-0.25, -0.2) is 0 Å². The fourth-order valence-electron chi connectivity index (χ4n) is 2.46. The lowest BCUT2D eigenvalue weighted by molar-refractivity contribution is -0.142. The molecule has 0 spiro atoms. The quantitative estimate of drug-likeness (QED) is 0.874. The van der Waals surface area contributed by atoms with Gasteiger partial charge in [0.2, 0.25) is 0 Å². The van der Waals surface area contributed by atoms with Crippen molar-refractivity contribution >= 4 is 21.9 Å². The highest BCUT2D eigenvalue weighted by Gasteiger charge is 2.34. The van der Waals surface area contributed by atoms with Gasteiger partial charge in [0.1, 0.15) is 0 Å². The number of anilines is 1. The van der Waals surface area contributed by atoms with Gasteiger partial charge in [-0.15, -0.1) is 0 Å².